The van der Waals surface area contributed by atoms with E-state index in [9.17, 15) is 4.79 Å². The summed E-state index contributed by atoms with van der Waals surface area (Å²) < 4.78 is 22.5. The number of rotatable bonds is 13. The number of benzene rings is 3. The summed E-state index contributed by atoms with van der Waals surface area (Å²) in [4.78, 5) is 17.6. The topological polar surface area (TPSA) is 105 Å². The van der Waals surface area contributed by atoms with Crippen LogP contribution in [0, 0.1) is 0 Å². The molecule has 0 aliphatic rings. The minimum Gasteiger partial charge on any atom is -0.493 e. The molecule has 1 heterocycles. The number of hydrogen-bond donors (Lipinski definition) is 1. The maximum Gasteiger partial charge on any atom is 0.234 e. The largest absolute Gasteiger partial charge is 0.493 e. The van der Waals surface area contributed by atoms with E-state index in [0.29, 0.717) is 58.7 Å². The van der Waals surface area contributed by atoms with E-state index >= 15 is 0 Å². The molecule has 4 rings (SSSR count). The number of thioether (sulfide) groups is 1. The van der Waals surface area contributed by atoms with E-state index in [0.717, 1.165) is 16.8 Å². The van der Waals surface area contributed by atoms with E-state index in [1.807, 2.05) is 74.5 Å². The summed E-state index contributed by atoms with van der Waals surface area (Å²) >= 11 is 1.21. The second kappa shape index (κ2) is 14.5. The van der Waals surface area contributed by atoms with Gasteiger partial charge in [-0.2, -0.15) is 0 Å². The first-order chi connectivity index (χ1) is 20.4. The number of hydrogen-bond acceptors (Lipinski definition) is 9. The minimum atomic E-state index is -0.161. The highest BCUT2D eigenvalue weighted by Gasteiger charge is 2.19. The third-order valence-electron chi connectivity index (χ3n) is 6.33. The lowest BCUT2D eigenvalue weighted by Gasteiger charge is -2.15. The van der Waals surface area contributed by atoms with Crippen LogP contribution in [-0.2, 0) is 4.79 Å². The molecule has 0 aliphatic carbocycles. The van der Waals surface area contributed by atoms with Crippen LogP contribution in [0.2, 0.25) is 0 Å². The number of amides is 1. The molecule has 42 heavy (non-hydrogen) atoms. The Balaban J connectivity index is 1.66. The van der Waals surface area contributed by atoms with Crippen molar-refractivity contribution in [2.45, 2.75) is 38.8 Å². The Kier molecular flexibility index (Phi) is 10.6. The third kappa shape index (κ3) is 7.50. The zero-order valence-electron chi connectivity index (χ0n) is 24.8. The monoisotopic (exact) mass is 588 g/mol. The number of carbonyl (C=O) groups is 1. The molecular weight excluding hydrogens is 552 g/mol. The fraction of sp³-hybridized carbons (Fsp3) is 0.312. The lowest BCUT2D eigenvalue weighted by molar-refractivity contribution is -0.113. The van der Waals surface area contributed by atoms with Crippen LogP contribution in [0.25, 0.3) is 22.5 Å². The van der Waals surface area contributed by atoms with Crippen LogP contribution >= 0.6 is 11.8 Å². The van der Waals surface area contributed by atoms with Crippen LogP contribution in [0.1, 0.15) is 39.2 Å². The summed E-state index contributed by atoms with van der Waals surface area (Å²) in [5, 5.41) is 12.2. The van der Waals surface area contributed by atoms with Gasteiger partial charge in [0.2, 0.25) is 11.1 Å². The van der Waals surface area contributed by atoms with E-state index in [2.05, 4.69) is 29.4 Å². The Morgan fingerprint density at radius 2 is 1.36 bits per heavy atom. The summed E-state index contributed by atoms with van der Waals surface area (Å²) in [7, 11) is 3.19. The van der Waals surface area contributed by atoms with E-state index < -0.39 is 0 Å². The Morgan fingerprint density at radius 1 is 0.786 bits per heavy atom. The Bertz CT molecular complexity index is 1510. The number of nitrogens with zero attached hydrogens (tertiary/aromatic N) is 3. The average molecular weight is 589 g/mol. The van der Waals surface area contributed by atoms with Gasteiger partial charge >= 0.3 is 0 Å². The summed E-state index contributed by atoms with van der Waals surface area (Å²) in [6.07, 6.45) is 0. The zero-order valence-corrected chi connectivity index (χ0v) is 25.6. The number of methoxy groups -OCH3 is 2. The number of carbonyl (C=O) groups excluding carboxylic acids is 1. The average Bonchev–Trinajstić information content (AvgIpc) is 3.00. The third-order valence-corrected chi connectivity index (χ3v) is 7.17. The van der Waals surface area contributed by atoms with Gasteiger partial charge in [0, 0.05) is 16.8 Å². The smallest absolute Gasteiger partial charge is 0.234 e. The Morgan fingerprint density at radius 3 is 1.88 bits per heavy atom. The molecular formula is C32H36N4O5S. The van der Waals surface area contributed by atoms with Gasteiger partial charge in [-0.1, -0.05) is 37.7 Å². The molecule has 10 heteroatoms. The van der Waals surface area contributed by atoms with Gasteiger partial charge in [0.25, 0.3) is 0 Å². The van der Waals surface area contributed by atoms with Crippen LogP contribution in [-0.4, -0.2) is 54.3 Å². The molecule has 1 aromatic heterocycles. The van der Waals surface area contributed by atoms with Crippen LogP contribution < -0.4 is 24.3 Å². The van der Waals surface area contributed by atoms with Crippen LogP contribution in [0.4, 0.5) is 5.69 Å². The first-order valence-corrected chi connectivity index (χ1v) is 14.7. The van der Waals surface area contributed by atoms with Crippen molar-refractivity contribution in [3.8, 4) is 45.5 Å². The van der Waals surface area contributed by atoms with Gasteiger partial charge in [-0.05, 0) is 73.9 Å². The molecule has 3 aromatic carbocycles. The summed E-state index contributed by atoms with van der Waals surface area (Å²) in [6.45, 7) is 9.04. The summed E-state index contributed by atoms with van der Waals surface area (Å²) in [5.74, 6) is 2.78. The van der Waals surface area contributed by atoms with Crippen LogP contribution in [0.15, 0.2) is 65.8 Å². The van der Waals surface area contributed by atoms with Gasteiger partial charge in [0.15, 0.2) is 23.0 Å². The van der Waals surface area contributed by atoms with Crippen LogP contribution in [0.3, 0.4) is 0 Å². The van der Waals surface area contributed by atoms with Gasteiger partial charge in [-0.3, -0.25) is 4.79 Å². The molecule has 220 valence electrons. The minimum absolute atomic E-state index is 0.121. The second-order valence-corrected chi connectivity index (χ2v) is 10.4. The molecule has 0 saturated heterocycles. The van der Waals surface area contributed by atoms with Gasteiger partial charge in [-0.25, -0.2) is 4.98 Å². The molecule has 0 fully saturated rings. The molecule has 0 aliphatic heterocycles. The van der Waals surface area contributed by atoms with Crippen molar-refractivity contribution in [3.63, 3.8) is 0 Å². The maximum atomic E-state index is 12.7. The number of anilines is 1. The molecule has 0 atom stereocenters. The molecule has 1 N–H and O–H groups in total. The molecule has 0 spiro atoms. The van der Waals surface area contributed by atoms with Crippen LogP contribution in [0.5, 0.6) is 23.0 Å². The lowest BCUT2D eigenvalue weighted by atomic mass is 10.0. The van der Waals surface area contributed by atoms with E-state index in [1.54, 1.807) is 14.2 Å². The molecule has 0 radical (unpaired) electrons. The van der Waals surface area contributed by atoms with Gasteiger partial charge in [0.1, 0.15) is 11.4 Å². The SMILES string of the molecule is CCOc1cc(-c2nnc(SCC(=O)Nc3ccc(C(C)C)cc3)nc2-c2ccc(OC)c(OCC)c2)ccc1OC. The van der Waals surface area contributed by atoms with Crippen molar-refractivity contribution >= 4 is 23.4 Å². The Labute approximate surface area is 251 Å². The van der Waals surface area contributed by atoms with Crippen molar-refractivity contribution in [1.82, 2.24) is 15.2 Å². The highest BCUT2D eigenvalue weighted by atomic mass is 32.2. The van der Waals surface area contributed by atoms with E-state index in [1.165, 1.54) is 17.3 Å². The zero-order chi connectivity index (χ0) is 30.1. The second-order valence-electron chi connectivity index (χ2n) is 9.50. The predicted octanol–water partition coefficient (Wildman–Crippen LogP) is 6.87. The normalized spacial score (nSPS) is 10.8. The highest BCUT2D eigenvalue weighted by Crippen LogP contribution is 2.38. The fourth-order valence-electron chi connectivity index (χ4n) is 4.23. The maximum absolute atomic E-state index is 12.7. The summed E-state index contributed by atoms with van der Waals surface area (Å²) in [5.41, 5.74) is 4.59. The summed E-state index contributed by atoms with van der Waals surface area (Å²) in [6, 6.07) is 19.0. The molecule has 9 nitrogen and oxygen atoms in total. The first kappa shape index (κ1) is 30.6. The van der Waals surface area contributed by atoms with Crippen molar-refractivity contribution in [1.29, 1.82) is 0 Å². The molecule has 1 amide bonds. The van der Waals surface area contributed by atoms with E-state index in [-0.39, 0.29) is 11.7 Å². The number of nitrogens with one attached hydrogen (secondary N) is 1. The van der Waals surface area contributed by atoms with Gasteiger partial charge < -0.3 is 24.3 Å². The quantitative estimate of drug-likeness (QED) is 0.167. The molecule has 0 unspecified atom stereocenters. The van der Waals surface area contributed by atoms with Crippen molar-refractivity contribution in [2.24, 2.45) is 0 Å². The van der Waals surface area contributed by atoms with Crippen molar-refractivity contribution in [2.75, 3.05) is 38.5 Å². The molecule has 4 aromatic rings. The number of aromatic nitrogens is 3. The van der Waals surface area contributed by atoms with Gasteiger partial charge in [-0.15, -0.1) is 10.2 Å². The molecule has 0 bridgehead atoms. The van der Waals surface area contributed by atoms with E-state index in [4.69, 9.17) is 23.9 Å². The van der Waals surface area contributed by atoms with Crippen molar-refractivity contribution in [3.05, 3.63) is 66.2 Å². The fourth-order valence-corrected chi connectivity index (χ4v) is 4.82. The van der Waals surface area contributed by atoms with Crippen molar-refractivity contribution < 1.29 is 23.7 Å². The lowest BCUT2D eigenvalue weighted by Crippen LogP contribution is -2.14. The predicted molar refractivity (Wildman–Crippen MR) is 166 cm³/mol. The molecule has 0 saturated carbocycles. The number of ether oxygens (including phenoxy) is 4. The first-order valence-electron chi connectivity index (χ1n) is 13.8. The van der Waals surface area contributed by atoms with Gasteiger partial charge in [0.05, 0.1) is 33.2 Å². The standard InChI is InChI=1S/C32H36N4O5S/c1-7-40-27-17-22(11-15-25(27)38-5)30-31(23-12-16-26(39-6)28(18-23)41-8-2)35-36-32(34-30)42-19-29(37)33-24-13-9-21(10-14-24)20(3)4/h9-18,20H,7-8,19H2,1-6H3,(H,33,37). The highest BCUT2D eigenvalue weighted by molar-refractivity contribution is 7.99. The Hall–Kier alpha value is -4.31.